The molecule has 5 atom stereocenters. The largest absolute Gasteiger partial charge is 0.462 e. The first-order chi connectivity index (χ1) is 16.5. The first-order valence-corrected chi connectivity index (χ1v) is 10.4. The Balaban J connectivity index is 2.30. The monoisotopic (exact) mass is 467 g/mol. The number of rotatable bonds is 7. The highest BCUT2D eigenvalue weighted by Crippen LogP contribution is 2.32. The average Bonchev–Trinajstić information content (AvgIpc) is 2.85. The van der Waals surface area contributed by atoms with Crippen LogP contribution in [-0.4, -0.2) is 49.3 Å². The lowest BCUT2D eigenvalue weighted by Gasteiger charge is -2.41. The molecule has 0 spiro atoms. The number of benzene rings is 1. The summed E-state index contributed by atoms with van der Waals surface area (Å²) in [6, 6.07) is 7.63. The van der Waals surface area contributed by atoms with Gasteiger partial charge in [-0.3, -0.25) is 9.59 Å². The van der Waals surface area contributed by atoms with E-state index in [0.29, 0.717) is 0 Å². The second kappa shape index (κ2) is 11.0. The van der Waals surface area contributed by atoms with Crippen molar-refractivity contribution < 1.29 is 35.7 Å². The second-order valence-electron chi connectivity index (χ2n) is 9.22. The molecular weight excluding hydrogens is 433 g/mol. The molecule has 0 saturated carbocycles. The fourth-order valence-electron chi connectivity index (χ4n) is 2.86. The fraction of sp³-hybridized carbons (Fsp3) is 0.652. The van der Waals surface area contributed by atoms with Crippen LogP contribution in [-0.2, 0) is 35.1 Å². The molecule has 0 aliphatic carbocycles. The number of alkyl halides is 1. The summed E-state index contributed by atoms with van der Waals surface area (Å²) in [5.74, 6) is -1.57. The van der Waals surface area contributed by atoms with Gasteiger partial charge in [0.2, 0.25) is 0 Å². The number of azide groups is 1. The fourth-order valence-corrected chi connectivity index (χ4v) is 2.86. The van der Waals surface area contributed by atoms with E-state index in [1.165, 1.54) is 27.7 Å². The summed E-state index contributed by atoms with van der Waals surface area (Å²) < 4.78 is 52.7. The van der Waals surface area contributed by atoms with Crippen molar-refractivity contribution in [2.24, 2.45) is 15.9 Å². The van der Waals surface area contributed by atoms with E-state index < -0.39 is 60.1 Å². The van der Waals surface area contributed by atoms with Gasteiger partial charge in [0.25, 0.3) is 0 Å². The van der Waals surface area contributed by atoms with Gasteiger partial charge in [0.15, 0.2) is 12.5 Å². The summed E-state index contributed by atoms with van der Waals surface area (Å²) in [7, 11) is 0. The molecule has 1 aliphatic heterocycles. The first kappa shape index (κ1) is 23.5. The molecule has 0 radical (unpaired) electrons. The van der Waals surface area contributed by atoms with Gasteiger partial charge >= 0.3 is 11.9 Å². The zero-order valence-corrected chi connectivity index (χ0v) is 19.3. The number of hydrogen-bond acceptors (Lipinski definition) is 7. The predicted octanol–water partition coefficient (Wildman–Crippen LogP) is 4.49. The maximum absolute atomic E-state index is 15.6. The van der Waals surface area contributed by atoms with Crippen LogP contribution in [0.3, 0.4) is 0 Å². The van der Waals surface area contributed by atoms with Crippen molar-refractivity contribution in [1.29, 1.82) is 0 Å². The van der Waals surface area contributed by atoms with Crippen molar-refractivity contribution in [2.75, 3.05) is 6.61 Å². The van der Waals surface area contributed by atoms with Crippen LogP contribution in [0.25, 0.3) is 10.4 Å². The topological polar surface area (TPSA) is 120 Å². The Morgan fingerprint density at radius 2 is 1.82 bits per heavy atom. The highest BCUT2D eigenvalue weighted by molar-refractivity contribution is 5.76. The van der Waals surface area contributed by atoms with Gasteiger partial charge in [-0.2, -0.15) is 0 Å². The molecule has 0 aromatic heterocycles. The summed E-state index contributed by atoms with van der Waals surface area (Å²) in [5.41, 5.74) is 7.51. The molecule has 182 valence electrons. The maximum Gasteiger partial charge on any atom is 0.311 e. The number of hydrogen-bond donors (Lipinski definition) is 0. The van der Waals surface area contributed by atoms with Crippen LogP contribution in [0.5, 0.6) is 0 Å². The Bertz CT molecular complexity index is 914. The van der Waals surface area contributed by atoms with Crippen molar-refractivity contribution in [3.8, 4) is 0 Å². The number of carbonyl (C=O) groups is 2. The molecule has 2 rings (SSSR count). The lowest BCUT2D eigenvalue weighted by Crippen LogP contribution is -2.59. The molecule has 1 heterocycles. The van der Waals surface area contributed by atoms with Gasteiger partial charge in [-0.05, 0) is 52.6 Å². The Labute approximate surface area is 196 Å². The number of esters is 2. The molecular formula is C23H32FN3O6. The van der Waals surface area contributed by atoms with Gasteiger partial charge in [-0.25, -0.2) is 4.39 Å². The number of carbonyl (C=O) groups excluding carboxylic acids is 2. The Kier molecular flexibility index (Phi) is 7.80. The molecule has 1 aromatic carbocycles. The summed E-state index contributed by atoms with van der Waals surface area (Å²) >= 11 is 0. The quantitative estimate of drug-likeness (QED) is 0.252. The number of ether oxygens (including phenoxy) is 4. The summed E-state index contributed by atoms with van der Waals surface area (Å²) in [6.45, 7) is 4.94. The Morgan fingerprint density at radius 1 is 1.18 bits per heavy atom. The zero-order chi connectivity index (χ0) is 26.2. The van der Waals surface area contributed by atoms with Crippen LogP contribution in [0.15, 0.2) is 35.4 Å². The van der Waals surface area contributed by atoms with Crippen molar-refractivity contribution in [3.05, 3.63) is 46.3 Å². The second-order valence-corrected chi connectivity index (χ2v) is 9.22. The van der Waals surface area contributed by atoms with E-state index in [1.807, 2.05) is 6.07 Å². The first-order valence-electron chi connectivity index (χ1n) is 11.8. The van der Waals surface area contributed by atoms with Crippen molar-refractivity contribution in [1.82, 2.24) is 0 Å². The molecule has 1 aromatic rings. The van der Waals surface area contributed by atoms with E-state index in [1.54, 1.807) is 24.3 Å². The van der Waals surface area contributed by atoms with Crippen molar-refractivity contribution >= 4 is 11.9 Å². The summed E-state index contributed by atoms with van der Waals surface area (Å²) in [6.07, 6.45) is -6.35. The third-order valence-corrected chi connectivity index (χ3v) is 4.76. The zero-order valence-electron chi connectivity index (χ0n) is 21.3. The normalized spacial score (nSPS) is 26.4. The lowest BCUT2D eigenvalue weighted by atomic mass is 9.95. The van der Waals surface area contributed by atoms with Gasteiger partial charge in [-0.15, -0.1) is 0 Å². The number of halogens is 1. The molecule has 1 saturated heterocycles. The maximum atomic E-state index is 15.6. The molecule has 10 heteroatoms. The third-order valence-electron chi connectivity index (χ3n) is 4.76. The molecule has 9 nitrogen and oxygen atoms in total. The molecule has 1 unspecified atom stereocenters. The van der Waals surface area contributed by atoms with Crippen LogP contribution < -0.4 is 0 Å². The molecule has 0 bridgehead atoms. The summed E-state index contributed by atoms with van der Waals surface area (Å²) in [4.78, 5) is 27.7. The summed E-state index contributed by atoms with van der Waals surface area (Å²) in [5, 5.41) is 3.59. The molecule has 1 fully saturated rings. The standard InChI is InChI=1S/C23H32FN3O6/c1-22(2,3)20(28)31-13-15-16(24)18(33-21(29)23(4,5)6)17(26-27-25)19(32-15)30-12-14-10-8-7-9-11-14/h7-11,15-19H,12-13H2,1-6H3/t15-,16-,17+,18+,19?/m1/s1/i1D,4D. The van der Waals surface area contributed by atoms with Crippen molar-refractivity contribution in [2.45, 2.75) is 78.8 Å². The van der Waals surface area contributed by atoms with Gasteiger partial charge in [0, 0.05) is 7.65 Å². The van der Waals surface area contributed by atoms with Gasteiger partial charge in [0.05, 0.1) is 17.4 Å². The molecule has 0 N–H and O–H groups in total. The minimum absolute atomic E-state index is 0.0250. The van der Waals surface area contributed by atoms with E-state index in [2.05, 4.69) is 10.0 Å². The Hall–Kier alpha value is -2.68. The van der Waals surface area contributed by atoms with Crippen LogP contribution in [0.4, 0.5) is 4.39 Å². The van der Waals surface area contributed by atoms with Crippen LogP contribution >= 0.6 is 0 Å². The highest BCUT2D eigenvalue weighted by Gasteiger charge is 2.50. The van der Waals surface area contributed by atoms with Crippen molar-refractivity contribution in [3.63, 3.8) is 0 Å². The minimum atomic E-state index is -2.03. The van der Waals surface area contributed by atoms with E-state index in [4.69, 9.17) is 27.2 Å². The highest BCUT2D eigenvalue weighted by atomic mass is 19.1. The SMILES string of the molecule is [2H]CC(C)(C)C(=O)OC[C@H]1OC(OCc2ccccc2)[C@@H](N=[N+]=[N-])[C@@H](OC(=O)C(C)(C)C[2H])[C@@H]1F. The Morgan fingerprint density at radius 3 is 2.42 bits per heavy atom. The van der Waals surface area contributed by atoms with E-state index in [-0.39, 0.29) is 20.4 Å². The molecule has 33 heavy (non-hydrogen) atoms. The van der Waals surface area contributed by atoms with Crippen LogP contribution in [0.2, 0.25) is 0 Å². The third kappa shape index (κ3) is 7.42. The predicted molar refractivity (Wildman–Crippen MR) is 117 cm³/mol. The van der Waals surface area contributed by atoms with Crippen LogP contribution in [0, 0.1) is 10.8 Å². The smallest absolute Gasteiger partial charge is 0.311 e. The lowest BCUT2D eigenvalue weighted by molar-refractivity contribution is -0.264. The van der Waals surface area contributed by atoms with Crippen LogP contribution in [0.1, 0.15) is 49.8 Å². The molecule has 0 amide bonds. The van der Waals surface area contributed by atoms with E-state index >= 15 is 4.39 Å². The average molecular weight is 468 g/mol. The van der Waals surface area contributed by atoms with Gasteiger partial charge < -0.3 is 18.9 Å². The van der Waals surface area contributed by atoms with Gasteiger partial charge in [0.1, 0.15) is 24.9 Å². The number of nitrogens with zero attached hydrogens (tertiary/aromatic N) is 3. The molecule has 1 aliphatic rings. The van der Waals surface area contributed by atoms with E-state index in [0.717, 1.165) is 5.56 Å². The minimum Gasteiger partial charge on any atom is -0.462 e. The van der Waals surface area contributed by atoms with Gasteiger partial charge in [-0.1, -0.05) is 35.4 Å². The van der Waals surface area contributed by atoms with E-state index in [9.17, 15) is 9.59 Å².